The van der Waals surface area contributed by atoms with Gasteiger partial charge in [0.05, 0.1) is 0 Å². The van der Waals surface area contributed by atoms with Crippen molar-refractivity contribution in [3.05, 3.63) is 40.6 Å². The lowest BCUT2D eigenvalue weighted by Crippen LogP contribution is -2.19. The molecule has 0 amide bonds. The fraction of sp³-hybridized carbons (Fsp3) is 0.333. The van der Waals surface area contributed by atoms with Crippen LogP contribution in [0.15, 0.2) is 35.7 Å². The van der Waals surface area contributed by atoms with Gasteiger partial charge in [0, 0.05) is 10.9 Å². The fourth-order valence-electron chi connectivity index (χ4n) is 1.12. The summed E-state index contributed by atoms with van der Waals surface area (Å²) in [5.41, 5.74) is 0. The molecule has 1 N–H and O–H groups in total. The Labute approximate surface area is 90.2 Å². The normalized spacial score (nSPS) is 14.1. The summed E-state index contributed by atoms with van der Waals surface area (Å²) in [6.07, 6.45) is 9.79. The lowest BCUT2D eigenvalue weighted by atomic mass is 10.2. The molecule has 0 aliphatic heterocycles. The quantitative estimate of drug-likeness (QED) is 0.730. The standard InChI is InChI=1S/C12H17NS/c1-3-4-6-11(13-2)8-9-12-7-5-10-14-12/h4-11,13H,3H2,1-2H3/b6-4-,9-8+. The van der Waals surface area contributed by atoms with Gasteiger partial charge in [0.25, 0.3) is 0 Å². The summed E-state index contributed by atoms with van der Waals surface area (Å²) in [6, 6.07) is 4.54. The summed E-state index contributed by atoms with van der Waals surface area (Å²) in [6.45, 7) is 2.15. The van der Waals surface area contributed by atoms with Crippen LogP contribution in [-0.2, 0) is 0 Å². The minimum atomic E-state index is 0.344. The van der Waals surface area contributed by atoms with Crippen LogP contribution < -0.4 is 5.32 Å². The first-order valence-electron chi connectivity index (χ1n) is 4.92. The van der Waals surface area contributed by atoms with E-state index in [9.17, 15) is 0 Å². The van der Waals surface area contributed by atoms with E-state index in [1.54, 1.807) is 11.3 Å². The van der Waals surface area contributed by atoms with E-state index in [0.29, 0.717) is 6.04 Å². The van der Waals surface area contributed by atoms with Gasteiger partial charge in [-0.3, -0.25) is 0 Å². The predicted molar refractivity (Wildman–Crippen MR) is 65.6 cm³/mol. The van der Waals surface area contributed by atoms with Crippen molar-refractivity contribution >= 4 is 17.4 Å². The van der Waals surface area contributed by atoms with Crippen LogP contribution >= 0.6 is 11.3 Å². The van der Waals surface area contributed by atoms with Crippen molar-refractivity contribution in [1.29, 1.82) is 0 Å². The highest BCUT2D eigenvalue weighted by atomic mass is 32.1. The molecule has 76 valence electrons. The molecule has 14 heavy (non-hydrogen) atoms. The second-order valence-corrected chi connectivity index (χ2v) is 4.00. The van der Waals surface area contributed by atoms with Gasteiger partial charge in [-0.15, -0.1) is 11.3 Å². The molecule has 0 spiro atoms. The molecule has 1 unspecified atom stereocenters. The second-order valence-electron chi connectivity index (χ2n) is 3.03. The van der Waals surface area contributed by atoms with Gasteiger partial charge in [-0.1, -0.05) is 31.2 Å². The molecule has 1 nitrogen and oxygen atoms in total. The Morgan fingerprint density at radius 3 is 2.93 bits per heavy atom. The average molecular weight is 207 g/mol. The van der Waals surface area contributed by atoms with E-state index in [4.69, 9.17) is 0 Å². The van der Waals surface area contributed by atoms with E-state index >= 15 is 0 Å². The van der Waals surface area contributed by atoms with Crippen molar-refractivity contribution < 1.29 is 0 Å². The first-order valence-corrected chi connectivity index (χ1v) is 5.80. The molecule has 1 atom stereocenters. The molecule has 1 rings (SSSR count). The van der Waals surface area contributed by atoms with Crippen molar-refractivity contribution in [1.82, 2.24) is 5.32 Å². The summed E-state index contributed by atoms with van der Waals surface area (Å²) in [4.78, 5) is 1.30. The van der Waals surface area contributed by atoms with Crippen LogP contribution in [-0.4, -0.2) is 13.1 Å². The third-order valence-electron chi connectivity index (χ3n) is 1.92. The van der Waals surface area contributed by atoms with Gasteiger partial charge in [-0.25, -0.2) is 0 Å². The summed E-state index contributed by atoms with van der Waals surface area (Å²) >= 11 is 1.76. The summed E-state index contributed by atoms with van der Waals surface area (Å²) in [5.74, 6) is 0. The fourth-order valence-corrected chi connectivity index (χ4v) is 1.75. The second kappa shape index (κ2) is 6.57. The highest BCUT2D eigenvalue weighted by Gasteiger charge is 1.93. The molecular weight excluding hydrogens is 190 g/mol. The van der Waals surface area contributed by atoms with Crippen molar-refractivity contribution in [2.75, 3.05) is 7.05 Å². The van der Waals surface area contributed by atoms with Crippen LogP contribution in [0, 0.1) is 0 Å². The molecule has 2 heteroatoms. The molecule has 0 aromatic carbocycles. The number of likely N-dealkylation sites (N-methyl/N-ethyl adjacent to an activating group) is 1. The maximum absolute atomic E-state index is 3.23. The Bertz CT molecular complexity index is 285. The molecule has 1 aromatic heterocycles. The smallest absolute Gasteiger partial charge is 0.0436 e. The largest absolute Gasteiger partial charge is 0.310 e. The lowest BCUT2D eigenvalue weighted by molar-refractivity contribution is 0.790. The first kappa shape index (κ1) is 11.2. The number of rotatable bonds is 5. The zero-order chi connectivity index (χ0) is 10.2. The number of allylic oxidation sites excluding steroid dienone is 1. The van der Waals surface area contributed by atoms with Crippen molar-refractivity contribution in [2.24, 2.45) is 0 Å². The van der Waals surface area contributed by atoms with Gasteiger partial charge in [0.2, 0.25) is 0 Å². The van der Waals surface area contributed by atoms with Crippen LogP contribution in [0.25, 0.3) is 6.08 Å². The van der Waals surface area contributed by atoms with Crippen LogP contribution in [0.2, 0.25) is 0 Å². The van der Waals surface area contributed by atoms with Crippen LogP contribution in [0.1, 0.15) is 18.2 Å². The molecule has 0 radical (unpaired) electrons. The van der Waals surface area contributed by atoms with Crippen molar-refractivity contribution in [3.63, 3.8) is 0 Å². The van der Waals surface area contributed by atoms with Gasteiger partial charge in [0.1, 0.15) is 0 Å². The maximum Gasteiger partial charge on any atom is 0.0436 e. The first-order chi connectivity index (χ1) is 6.86. The van der Waals surface area contributed by atoms with Crippen molar-refractivity contribution in [3.8, 4) is 0 Å². The number of thiophene rings is 1. The monoisotopic (exact) mass is 207 g/mol. The highest BCUT2D eigenvalue weighted by Crippen LogP contribution is 2.10. The molecule has 0 bridgehead atoms. The van der Waals surface area contributed by atoms with E-state index in [0.717, 1.165) is 6.42 Å². The third kappa shape index (κ3) is 3.90. The molecule has 0 aliphatic rings. The zero-order valence-corrected chi connectivity index (χ0v) is 9.55. The van der Waals surface area contributed by atoms with Gasteiger partial charge in [-0.05, 0) is 31.0 Å². The maximum atomic E-state index is 3.23. The summed E-state index contributed by atoms with van der Waals surface area (Å²) < 4.78 is 0. The Balaban J connectivity index is 2.51. The Morgan fingerprint density at radius 1 is 1.50 bits per heavy atom. The van der Waals surface area contributed by atoms with Gasteiger partial charge < -0.3 is 5.32 Å². The zero-order valence-electron chi connectivity index (χ0n) is 8.73. The van der Waals surface area contributed by atoms with Gasteiger partial charge in [-0.2, -0.15) is 0 Å². The molecule has 1 heterocycles. The number of hydrogen-bond donors (Lipinski definition) is 1. The molecule has 1 aromatic rings. The number of hydrogen-bond acceptors (Lipinski definition) is 2. The molecule has 0 aliphatic carbocycles. The molecule has 0 saturated carbocycles. The van der Waals surface area contributed by atoms with Crippen LogP contribution in [0.4, 0.5) is 0 Å². The van der Waals surface area contributed by atoms with E-state index in [-0.39, 0.29) is 0 Å². The van der Waals surface area contributed by atoms with Crippen LogP contribution in [0.3, 0.4) is 0 Å². The third-order valence-corrected chi connectivity index (χ3v) is 2.76. The van der Waals surface area contributed by atoms with E-state index in [2.05, 4.69) is 54.1 Å². The number of nitrogens with one attached hydrogen (secondary N) is 1. The predicted octanol–water partition coefficient (Wildman–Crippen LogP) is 3.32. The van der Waals surface area contributed by atoms with E-state index in [1.807, 2.05) is 7.05 Å². The van der Waals surface area contributed by atoms with Gasteiger partial charge >= 0.3 is 0 Å². The minimum Gasteiger partial charge on any atom is -0.310 e. The van der Waals surface area contributed by atoms with Gasteiger partial charge in [0.15, 0.2) is 0 Å². The van der Waals surface area contributed by atoms with Crippen molar-refractivity contribution in [2.45, 2.75) is 19.4 Å². The van der Waals surface area contributed by atoms with E-state index in [1.165, 1.54) is 4.88 Å². The highest BCUT2D eigenvalue weighted by molar-refractivity contribution is 7.10. The molecular formula is C12H17NS. The molecule has 0 fully saturated rings. The summed E-state index contributed by atoms with van der Waals surface area (Å²) in [7, 11) is 1.98. The minimum absolute atomic E-state index is 0.344. The lowest BCUT2D eigenvalue weighted by Gasteiger charge is -2.04. The Morgan fingerprint density at radius 2 is 2.36 bits per heavy atom. The topological polar surface area (TPSA) is 12.0 Å². The average Bonchev–Trinajstić information content (AvgIpc) is 2.71. The SMILES string of the molecule is CC/C=C\C(/C=C/c1cccs1)NC. The molecule has 0 saturated heterocycles. The van der Waals surface area contributed by atoms with Crippen LogP contribution in [0.5, 0.6) is 0 Å². The van der Waals surface area contributed by atoms with E-state index < -0.39 is 0 Å². The summed E-state index contributed by atoms with van der Waals surface area (Å²) in [5, 5.41) is 5.32. The Hall–Kier alpha value is -0.860. The Kier molecular flexibility index (Phi) is 5.27.